The van der Waals surface area contributed by atoms with Crippen molar-refractivity contribution in [3.05, 3.63) is 33.8 Å². The number of hydrogen-bond donors (Lipinski definition) is 1. The Bertz CT molecular complexity index is 391. The van der Waals surface area contributed by atoms with Crippen molar-refractivity contribution in [1.29, 1.82) is 0 Å². The fraction of sp³-hybridized carbons (Fsp3) is 0.571. The first-order valence-corrected chi connectivity index (χ1v) is 7.17. The smallest absolute Gasteiger partial charge is 0.0595 e. The molecule has 2 nitrogen and oxygen atoms in total. The van der Waals surface area contributed by atoms with Gasteiger partial charge in [0.1, 0.15) is 0 Å². The van der Waals surface area contributed by atoms with Gasteiger partial charge in [0, 0.05) is 25.8 Å². The summed E-state index contributed by atoms with van der Waals surface area (Å²) in [6, 6.07) is 6.29. The van der Waals surface area contributed by atoms with Gasteiger partial charge in [-0.25, -0.2) is 0 Å². The van der Waals surface area contributed by atoms with Crippen LogP contribution in [0.25, 0.3) is 0 Å². The third-order valence-corrected chi connectivity index (χ3v) is 4.32. The van der Waals surface area contributed by atoms with Crippen LogP contribution in [0.15, 0.2) is 18.2 Å². The van der Waals surface area contributed by atoms with Gasteiger partial charge >= 0.3 is 0 Å². The maximum Gasteiger partial charge on any atom is 0.0595 e. The highest BCUT2D eigenvalue weighted by molar-refractivity contribution is 6.42. The molecule has 18 heavy (non-hydrogen) atoms. The van der Waals surface area contributed by atoms with Crippen molar-refractivity contribution in [3.8, 4) is 0 Å². The van der Waals surface area contributed by atoms with Crippen LogP contribution in [-0.2, 0) is 11.3 Å². The van der Waals surface area contributed by atoms with Gasteiger partial charge in [-0.2, -0.15) is 0 Å². The normalized spacial score (nSPS) is 18.8. The topological polar surface area (TPSA) is 21.3 Å². The molecule has 0 bridgehead atoms. The van der Waals surface area contributed by atoms with E-state index in [9.17, 15) is 0 Å². The number of hydrogen-bond acceptors (Lipinski definition) is 2. The van der Waals surface area contributed by atoms with Crippen LogP contribution in [0.5, 0.6) is 0 Å². The van der Waals surface area contributed by atoms with Gasteiger partial charge in [-0.05, 0) is 43.4 Å². The summed E-state index contributed by atoms with van der Waals surface area (Å²) in [4.78, 5) is 0. The molecule has 0 saturated carbocycles. The van der Waals surface area contributed by atoms with Crippen molar-refractivity contribution in [2.45, 2.75) is 32.4 Å². The Morgan fingerprint density at radius 3 is 2.67 bits per heavy atom. The molecule has 1 saturated heterocycles. The number of nitrogens with one attached hydrogen (secondary N) is 1. The zero-order valence-corrected chi connectivity index (χ0v) is 12.1. The second-order valence-electron chi connectivity index (χ2n) is 4.87. The third-order valence-electron chi connectivity index (χ3n) is 3.59. The van der Waals surface area contributed by atoms with E-state index in [2.05, 4.69) is 12.2 Å². The second-order valence-corrected chi connectivity index (χ2v) is 5.68. The fourth-order valence-electron chi connectivity index (χ4n) is 2.31. The van der Waals surface area contributed by atoms with Crippen molar-refractivity contribution in [2.24, 2.45) is 5.92 Å². The van der Waals surface area contributed by atoms with Gasteiger partial charge in [-0.1, -0.05) is 29.3 Å². The van der Waals surface area contributed by atoms with E-state index in [0.717, 1.165) is 32.6 Å². The molecule has 4 heteroatoms. The monoisotopic (exact) mass is 287 g/mol. The number of ether oxygens (including phenoxy) is 1. The number of rotatable bonds is 4. The minimum Gasteiger partial charge on any atom is -0.381 e. The lowest BCUT2D eigenvalue weighted by molar-refractivity contribution is 0.0558. The minimum absolute atomic E-state index is 0.503. The average molecular weight is 288 g/mol. The minimum atomic E-state index is 0.503. The summed E-state index contributed by atoms with van der Waals surface area (Å²) in [5, 5.41) is 4.79. The fourth-order valence-corrected chi connectivity index (χ4v) is 2.63. The predicted molar refractivity (Wildman–Crippen MR) is 76.3 cm³/mol. The maximum absolute atomic E-state index is 6.00. The second kappa shape index (κ2) is 6.76. The van der Waals surface area contributed by atoms with E-state index in [1.54, 1.807) is 0 Å². The zero-order valence-electron chi connectivity index (χ0n) is 10.6. The molecule has 0 radical (unpaired) electrons. The van der Waals surface area contributed by atoms with Crippen LogP contribution in [-0.4, -0.2) is 19.3 Å². The van der Waals surface area contributed by atoms with Crippen molar-refractivity contribution in [2.75, 3.05) is 13.2 Å². The van der Waals surface area contributed by atoms with E-state index in [1.807, 2.05) is 18.2 Å². The molecular formula is C14H19Cl2NO. The molecule has 1 unspecified atom stereocenters. The molecule has 1 aliphatic rings. The summed E-state index contributed by atoms with van der Waals surface area (Å²) in [6.07, 6.45) is 2.30. The molecule has 1 N–H and O–H groups in total. The van der Waals surface area contributed by atoms with E-state index in [1.165, 1.54) is 5.56 Å². The average Bonchev–Trinajstić information content (AvgIpc) is 2.41. The Balaban J connectivity index is 1.84. The molecule has 1 heterocycles. The lowest BCUT2D eigenvalue weighted by atomic mass is 9.93. The Labute approximate surface area is 119 Å². The molecule has 1 atom stereocenters. The lowest BCUT2D eigenvalue weighted by Crippen LogP contribution is -2.36. The summed E-state index contributed by atoms with van der Waals surface area (Å²) in [5.41, 5.74) is 1.17. The highest BCUT2D eigenvalue weighted by atomic mass is 35.5. The molecule has 0 aromatic heterocycles. The SMILES string of the molecule is CC(NCc1ccc(Cl)c(Cl)c1)C1CCOCC1. The molecule has 1 aromatic rings. The van der Waals surface area contributed by atoms with E-state index >= 15 is 0 Å². The van der Waals surface area contributed by atoms with Crippen LogP contribution in [0.2, 0.25) is 10.0 Å². The van der Waals surface area contributed by atoms with Crippen LogP contribution in [0, 0.1) is 5.92 Å². The molecule has 1 aromatic carbocycles. The third kappa shape index (κ3) is 3.86. The van der Waals surface area contributed by atoms with Crippen LogP contribution >= 0.6 is 23.2 Å². The maximum atomic E-state index is 6.00. The van der Waals surface area contributed by atoms with Crippen LogP contribution < -0.4 is 5.32 Å². The predicted octanol–water partition coefficient (Wildman–Crippen LogP) is 3.90. The molecule has 0 spiro atoms. The zero-order chi connectivity index (χ0) is 13.0. The van der Waals surface area contributed by atoms with Gasteiger partial charge in [0.25, 0.3) is 0 Å². The number of benzene rings is 1. The van der Waals surface area contributed by atoms with Gasteiger partial charge in [-0.15, -0.1) is 0 Å². The van der Waals surface area contributed by atoms with Gasteiger partial charge < -0.3 is 10.1 Å². The Morgan fingerprint density at radius 2 is 2.00 bits per heavy atom. The van der Waals surface area contributed by atoms with Gasteiger partial charge in [0.2, 0.25) is 0 Å². The molecular weight excluding hydrogens is 269 g/mol. The van der Waals surface area contributed by atoms with Crippen LogP contribution in [0.1, 0.15) is 25.3 Å². The molecule has 2 rings (SSSR count). The van der Waals surface area contributed by atoms with Crippen molar-refractivity contribution >= 4 is 23.2 Å². The van der Waals surface area contributed by atoms with Crippen LogP contribution in [0.4, 0.5) is 0 Å². The van der Waals surface area contributed by atoms with E-state index in [-0.39, 0.29) is 0 Å². The Morgan fingerprint density at radius 1 is 1.28 bits per heavy atom. The molecule has 100 valence electrons. The van der Waals surface area contributed by atoms with Gasteiger partial charge in [0.15, 0.2) is 0 Å². The molecule has 0 aliphatic carbocycles. The first-order chi connectivity index (χ1) is 8.66. The lowest BCUT2D eigenvalue weighted by Gasteiger charge is -2.28. The quantitative estimate of drug-likeness (QED) is 0.907. The summed E-state index contributed by atoms with van der Waals surface area (Å²) < 4.78 is 5.38. The van der Waals surface area contributed by atoms with Crippen molar-refractivity contribution in [3.63, 3.8) is 0 Å². The first-order valence-electron chi connectivity index (χ1n) is 6.42. The largest absolute Gasteiger partial charge is 0.381 e. The van der Waals surface area contributed by atoms with Crippen LogP contribution in [0.3, 0.4) is 0 Å². The highest BCUT2D eigenvalue weighted by Crippen LogP contribution is 2.23. The first kappa shape index (κ1) is 14.1. The Kier molecular flexibility index (Phi) is 5.31. The number of halogens is 2. The van der Waals surface area contributed by atoms with E-state index in [4.69, 9.17) is 27.9 Å². The summed E-state index contributed by atoms with van der Waals surface area (Å²) >= 11 is 11.9. The standard InChI is InChI=1S/C14H19Cl2NO/c1-10(12-4-6-18-7-5-12)17-9-11-2-3-13(15)14(16)8-11/h2-3,8,10,12,17H,4-7,9H2,1H3. The molecule has 0 amide bonds. The van der Waals surface area contributed by atoms with Crippen molar-refractivity contribution < 1.29 is 4.74 Å². The summed E-state index contributed by atoms with van der Waals surface area (Å²) in [7, 11) is 0. The Hall–Kier alpha value is -0.280. The highest BCUT2D eigenvalue weighted by Gasteiger charge is 2.19. The summed E-state index contributed by atoms with van der Waals surface area (Å²) in [6.45, 7) is 4.86. The molecule has 1 aliphatic heterocycles. The molecule has 1 fully saturated rings. The van der Waals surface area contributed by atoms with Gasteiger partial charge in [0.05, 0.1) is 10.0 Å². The summed E-state index contributed by atoms with van der Waals surface area (Å²) in [5.74, 6) is 0.710. The van der Waals surface area contributed by atoms with Gasteiger partial charge in [-0.3, -0.25) is 0 Å². The van der Waals surface area contributed by atoms with E-state index < -0.39 is 0 Å². The van der Waals surface area contributed by atoms with E-state index in [0.29, 0.717) is 22.0 Å². The van der Waals surface area contributed by atoms with Crippen molar-refractivity contribution in [1.82, 2.24) is 5.32 Å².